The first-order valence-electron chi connectivity index (χ1n) is 6.07. The molecule has 106 valence electrons. The van der Waals surface area contributed by atoms with Crippen LogP contribution in [-0.4, -0.2) is 35.1 Å². The lowest BCUT2D eigenvalue weighted by Gasteiger charge is -2.27. The number of nitrogen functional groups attached to an aromatic ring is 1. The van der Waals surface area contributed by atoms with E-state index in [0.29, 0.717) is 11.6 Å². The van der Waals surface area contributed by atoms with Crippen LogP contribution in [0.1, 0.15) is 25.7 Å². The summed E-state index contributed by atoms with van der Waals surface area (Å²) >= 11 is 1.40. The minimum atomic E-state index is -3.00. The summed E-state index contributed by atoms with van der Waals surface area (Å²) < 4.78 is 23.2. The Morgan fingerprint density at radius 2 is 2.21 bits per heavy atom. The molecule has 1 aromatic rings. The highest BCUT2D eigenvalue weighted by molar-refractivity contribution is 7.99. The fraction of sp³-hybridized carbons (Fsp3) is 0.636. The summed E-state index contributed by atoms with van der Waals surface area (Å²) in [7, 11) is -3.00. The van der Waals surface area contributed by atoms with Crippen molar-refractivity contribution in [3.05, 3.63) is 16.4 Å². The van der Waals surface area contributed by atoms with Gasteiger partial charge in [0.05, 0.1) is 5.25 Å². The normalized spacial score (nSPS) is 24.3. The Labute approximate surface area is 116 Å². The van der Waals surface area contributed by atoms with Crippen LogP contribution in [0.5, 0.6) is 0 Å². The van der Waals surface area contributed by atoms with E-state index in [9.17, 15) is 13.2 Å². The number of H-pyrrole nitrogens is 1. The van der Waals surface area contributed by atoms with E-state index in [2.05, 4.69) is 9.97 Å². The molecule has 3 N–H and O–H groups in total. The number of sulfone groups is 1. The SMILES string of the molecule is CS(=O)(=O)C1CCCC(Sc2nc(N)cc(=O)[nH]2)C1. The van der Waals surface area contributed by atoms with Gasteiger partial charge in [-0.2, -0.15) is 0 Å². The maximum atomic E-state index is 11.6. The number of nitrogens with one attached hydrogen (secondary N) is 1. The van der Waals surface area contributed by atoms with E-state index in [1.807, 2.05) is 0 Å². The minimum Gasteiger partial charge on any atom is -0.383 e. The molecule has 1 aliphatic rings. The number of aromatic amines is 1. The molecule has 19 heavy (non-hydrogen) atoms. The summed E-state index contributed by atoms with van der Waals surface area (Å²) in [5.41, 5.74) is 5.23. The lowest BCUT2D eigenvalue weighted by molar-refractivity contribution is 0.494. The number of aromatic nitrogens is 2. The van der Waals surface area contributed by atoms with Crippen molar-refractivity contribution < 1.29 is 8.42 Å². The van der Waals surface area contributed by atoms with Crippen molar-refractivity contribution in [2.45, 2.75) is 41.3 Å². The predicted molar refractivity (Wildman–Crippen MR) is 76.0 cm³/mol. The highest BCUT2D eigenvalue weighted by Crippen LogP contribution is 2.34. The highest BCUT2D eigenvalue weighted by atomic mass is 32.2. The molecule has 1 aliphatic carbocycles. The summed E-state index contributed by atoms with van der Waals surface area (Å²) in [6, 6.07) is 1.23. The zero-order chi connectivity index (χ0) is 14.0. The summed E-state index contributed by atoms with van der Waals surface area (Å²) in [5, 5.41) is 0.328. The van der Waals surface area contributed by atoms with Gasteiger partial charge in [0.25, 0.3) is 5.56 Å². The average molecular weight is 303 g/mol. The largest absolute Gasteiger partial charge is 0.383 e. The lowest BCUT2D eigenvalue weighted by Crippen LogP contribution is -2.28. The topological polar surface area (TPSA) is 106 Å². The Kier molecular flexibility index (Phi) is 4.19. The van der Waals surface area contributed by atoms with Crippen LogP contribution in [0.15, 0.2) is 16.0 Å². The molecule has 0 radical (unpaired) electrons. The number of nitrogens with zero attached hydrogens (tertiary/aromatic N) is 1. The molecule has 0 amide bonds. The van der Waals surface area contributed by atoms with Gasteiger partial charge < -0.3 is 10.7 Å². The first-order chi connectivity index (χ1) is 8.84. The molecule has 0 aromatic carbocycles. The first kappa shape index (κ1) is 14.4. The summed E-state index contributed by atoms with van der Waals surface area (Å²) in [6.07, 6.45) is 4.40. The molecule has 0 aliphatic heterocycles. The van der Waals surface area contributed by atoms with Crippen molar-refractivity contribution in [3.63, 3.8) is 0 Å². The smallest absolute Gasteiger partial charge is 0.253 e. The van der Waals surface area contributed by atoms with Gasteiger partial charge in [0.1, 0.15) is 15.7 Å². The number of anilines is 1. The Hall–Kier alpha value is -1.02. The second kappa shape index (κ2) is 5.54. The van der Waals surface area contributed by atoms with Gasteiger partial charge >= 0.3 is 0 Å². The lowest BCUT2D eigenvalue weighted by atomic mass is 10.00. The Bertz CT molecular complexity index is 612. The van der Waals surface area contributed by atoms with Crippen molar-refractivity contribution >= 4 is 27.4 Å². The maximum Gasteiger partial charge on any atom is 0.253 e. The fourth-order valence-electron chi connectivity index (χ4n) is 2.26. The van der Waals surface area contributed by atoms with E-state index >= 15 is 0 Å². The molecule has 0 bridgehead atoms. The Morgan fingerprint density at radius 3 is 2.84 bits per heavy atom. The van der Waals surface area contributed by atoms with Crippen molar-refractivity contribution in [2.24, 2.45) is 0 Å². The van der Waals surface area contributed by atoms with E-state index in [1.165, 1.54) is 24.1 Å². The third kappa shape index (κ3) is 3.97. The Balaban J connectivity index is 2.09. The van der Waals surface area contributed by atoms with Crippen LogP contribution < -0.4 is 11.3 Å². The zero-order valence-electron chi connectivity index (χ0n) is 10.6. The molecule has 1 aromatic heterocycles. The molecule has 1 heterocycles. The molecule has 2 rings (SSSR count). The average Bonchev–Trinajstić information content (AvgIpc) is 2.26. The van der Waals surface area contributed by atoms with E-state index in [1.54, 1.807) is 0 Å². The van der Waals surface area contributed by atoms with Gasteiger partial charge in [-0.15, -0.1) is 0 Å². The molecule has 8 heteroatoms. The van der Waals surface area contributed by atoms with E-state index in [0.717, 1.165) is 19.3 Å². The van der Waals surface area contributed by atoms with Crippen molar-refractivity contribution in [1.82, 2.24) is 9.97 Å². The number of nitrogens with two attached hydrogens (primary N) is 1. The highest BCUT2D eigenvalue weighted by Gasteiger charge is 2.29. The summed E-state index contributed by atoms with van der Waals surface area (Å²) in [6.45, 7) is 0. The standard InChI is InChI=1S/C11H17N3O3S2/c1-19(16,17)8-4-2-3-7(5-8)18-11-13-9(12)6-10(15)14-11/h6-8H,2-5H2,1H3,(H3,12,13,14,15). The molecule has 1 saturated carbocycles. The maximum absolute atomic E-state index is 11.6. The van der Waals surface area contributed by atoms with Crippen LogP contribution in [0, 0.1) is 0 Å². The second-order valence-electron chi connectivity index (χ2n) is 4.83. The summed E-state index contributed by atoms with van der Waals surface area (Å²) in [5.74, 6) is 0.182. The molecule has 6 nitrogen and oxygen atoms in total. The van der Waals surface area contributed by atoms with Gasteiger partial charge in [0, 0.05) is 17.6 Å². The van der Waals surface area contributed by atoms with Crippen molar-refractivity contribution in [1.29, 1.82) is 0 Å². The quantitative estimate of drug-likeness (QED) is 0.800. The van der Waals surface area contributed by atoms with Gasteiger partial charge in [0.15, 0.2) is 5.16 Å². The zero-order valence-corrected chi connectivity index (χ0v) is 12.3. The van der Waals surface area contributed by atoms with Gasteiger partial charge in [0.2, 0.25) is 0 Å². The number of hydrogen-bond donors (Lipinski definition) is 2. The van der Waals surface area contributed by atoms with Crippen LogP contribution in [0.2, 0.25) is 0 Å². The van der Waals surface area contributed by atoms with E-state index < -0.39 is 9.84 Å². The number of hydrogen-bond acceptors (Lipinski definition) is 6. The molecule has 2 atom stereocenters. The number of thioether (sulfide) groups is 1. The van der Waals surface area contributed by atoms with Crippen molar-refractivity contribution in [2.75, 3.05) is 12.0 Å². The van der Waals surface area contributed by atoms with Gasteiger partial charge in [-0.05, 0) is 19.3 Å². The fourth-order valence-corrected chi connectivity index (χ4v) is 4.81. The van der Waals surface area contributed by atoms with Gasteiger partial charge in [-0.25, -0.2) is 13.4 Å². The minimum absolute atomic E-state index is 0.151. The molecule has 0 saturated heterocycles. The number of rotatable bonds is 3. The molecule has 1 fully saturated rings. The van der Waals surface area contributed by atoms with Gasteiger partial charge in [-0.1, -0.05) is 18.2 Å². The van der Waals surface area contributed by atoms with Crippen LogP contribution >= 0.6 is 11.8 Å². The third-order valence-corrected chi connectivity index (χ3v) is 6.02. The van der Waals surface area contributed by atoms with Crippen LogP contribution in [-0.2, 0) is 9.84 Å². The summed E-state index contributed by atoms with van der Waals surface area (Å²) in [4.78, 5) is 18.0. The predicted octanol–water partition coefficient (Wildman–Crippen LogP) is 0.800. The van der Waals surface area contributed by atoms with Crippen molar-refractivity contribution in [3.8, 4) is 0 Å². The van der Waals surface area contributed by atoms with Crippen LogP contribution in [0.25, 0.3) is 0 Å². The van der Waals surface area contributed by atoms with E-state index in [-0.39, 0.29) is 21.9 Å². The van der Waals surface area contributed by atoms with Gasteiger partial charge in [-0.3, -0.25) is 4.79 Å². The third-order valence-electron chi connectivity index (χ3n) is 3.20. The second-order valence-corrected chi connectivity index (χ2v) is 8.45. The Morgan fingerprint density at radius 1 is 1.47 bits per heavy atom. The molecular formula is C11H17N3O3S2. The molecular weight excluding hydrogens is 286 g/mol. The molecule has 2 unspecified atom stereocenters. The van der Waals surface area contributed by atoms with Crippen LogP contribution in [0.3, 0.4) is 0 Å². The monoisotopic (exact) mass is 303 g/mol. The first-order valence-corrected chi connectivity index (χ1v) is 8.90. The van der Waals surface area contributed by atoms with Crippen LogP contribution in [0.4, 0.5) is 5.82 Å². The van der Waals surface area contributed by atoms with E-state index in [4.69, 9.17) is 5.73 Å². The molecule has 0 spiro atoms.